The van der Waals surface area contributed by atoms with Gasteiger partial charge in [-0.1, -0.05) is 12.1 Å². The molecule has 0 radical (unpaired) electrons. The molecule has 2 nitrogen and oxygen atoms in total. The van der Waals surface area contributed by atoms with E-state index in [0.717, 1.165) is 18.0 Å². The summed E-state index contributed by atoms with van der Waals surface area (Å²) in [6, 6.07) is 10.5. The lowest BCUT2D eigenvalue weighted by Gasteiger charge is -2.16. The maximum absolute atomic E-state index is 5.95. The first-order valence-corrected chi connectivity index (χ1v) is 9.85. The van der Waals surface area contributed by atoms with Crippen LogP contribution >= 0.6 is 11.3 Å². The quantitative estimate of drug-likeness (QED) is 0.830. The lowest BCUT2D eigenvalue weighted by atomic mass is 10.2. The van der Waals surface area contributed by atoms with E-state index >= 15 is 0 Å². The van der Waals surface area contributed by atoms with Crippen LogP contribution in [-0.2, 0) is 6.54 Å². The summed E-state index contributed by atoms with van der Waals surface area (Å²) in [5.74, 6) is 0.985. The molecule has 4 heteroatoms. The molecule has 0 aliphatic heterocycles. The predicted molar refractivity (Wildman–Crippen MR) is 83.4 cm³/mol. The Bertz CT molecular complexity index is 502. The molecule has 0 bridgehead atoms. The summed E-state index contributed by atoms with van der Waals surface area (Å²) in [7, 11) is -1.06. The molecule has 1 N–H and O–H groups in total. The minimum atomic E-state index is -1.06. The van der Waals surface area contributed by atoms with Crippen molar-refractivity contribution in [2.45, 2.75) is 26.6 Å². The second kappa shape index (κ2) is 6.07. The second-order valence-corrected chi connectivity index (χ2v) is 7.96. The summed E-state index contributed by atoms with van der Waals surface area (Å²) in [6.45, 7) is 7.33. The van der Waals surface area contributed by atoms with Gasteiger partial charge in [-0.25, -0.2) is 0 Å². The van der Waals surface area contributed by atoms with Crippen LogP contribution in [0.3, 0.4) is 0 Å². The van der Waals surface area contributed by atoms with E-state index in [0.29, 0.717) is 0 Å². The van der Waals surface area contributed by atoms with Crippen molar-refractivity contribution in [3.8, 4) is 5.75 Å². The SMILES string of the molecule is Cc1ccc(O[SiH](C)C)c(NCc2cccs2)c1.[H+]. The number of aryl methyl sites for hydroxylation is 1. The fourth-order valence-electron chi connectivity index (χ4n) is 1.73. The molecule has 2 rings (SSSR count). The molecular formula is C14H20NOSSi+. The van der Waals surface area contributed by atoms with Gasteiger partial charge in [0, 0.05) is 11.4 Å². The molecule has 2 aromatic rings. The highest BCUT2D eigenvalue weighted by Crippen LogP contribution is 2.27. The van der Waals surface area contributed by atoms with Crippen LogP contribution < -0.4 is 9.74 Å². The predicted octanol–water partition coefficient (Wildman–Crippen LogP) is 4.14. The standard InChI is InChI=1S/C14H19NOSSi/c1-11-6-7-14(16-18(2)3)13(9-11)15-10-12-5-4-8-17-12/h4-9,15,18H,10H2,1-3H3/p+1. The Hall–Kier alpha value is -1.26. The van der Waals surface area contributed by atoms with Gasteiger partial charge in [0.25, 0.3) is 0 Å². The van der Waals surface area contributed by atoms with Crippen LogP contribution in [0.4, 0.5) is 5.69 Å². The summed E-state index contributed by atoms with van der Waals surface area (Å²) in [6.07, 6.45) is 0. The Morgan fingerprint density at radius 3 is 2.83 bits per heavy atom. The molecule has 18 heavy (non-hydrogen) atoms. The third-order valence-electron chi connectivity index (χ3n) is 2.53. The van der Waals surface area contributed by atoms with Gasteiger partial charge in [0.2, 0.25) is 9.04 Å². The molecule has 0 unspecified atom stereocenters. The molecule has 1 aromatic heterocycles. The molecule has 0 saturated heterocycles. The first-order valence-electron chi connectivity index (χ1n) is 6.18. The fraction of sp³-hybridized carbons (Fsp3) is 0.286. The third-order valence-corrected chi connectivity index (χ3v) is 4.13. The van der Waals surface area contributed by atoms with Gasteiger partial charge in [0.05, 0.1) is 5.69 Å². The Morgan fingerprint density at radius 2 is 2.17 bits per heavy atom. The Balaban J connectivity index is 0.00000180. The lowest BCUT2D eigenvalue weighted by molar-refractivity contribution is 0.582. The minimum absolute atomic E-state index is 0. The number of hydrogen-bond donors (Lipinski definition) is 1. The maximum Gasteiger partial charge on any atom is 1.00 e. The van der Waals surface area contributed by atoms with Gasteiger partial charge in [0.1, 0.15) is 5.75 Å². The molecule has 0 amide bonds. The molecule has 0 atom stereocenters. The zero-order valence-corrected chi connectivity index (χ0v) is 13.0. The summed E-state index contributed by atoms with van der Waals surface area (Å²) < 4.78 is 5.95. The van der Waals surface area contributed by atoms with Crippen LogP contribution in [0, 0.1) is 6.92 Å². The van der Waals surface area contributed by atoms with Crippen molar-refractivity contribution in [2.75, 3.05) is 5.32 Å². The summed E-state index contributed by atoms with van der Waals surface area (Å²) in [4.78, 5) is 1.34. The normalized spacial score (nSPS) is 10.7. The topological polar surface area (TPSA) is 21.3 Å². The highest BCUT2D eigenvalue weighted by atomic mass is 32.1. The Labute approximate surface area is 116 Å². The van der Waals surface area contributed by atoms with Crippen LogP contribution in [0.25, 0.3) is 0 Å². The van der Waals surface area contributed by atoms with Gasteiger partial charge in [-0.15, -0.1) is 11.3 Å². The van der Waals surface area contributed by atoms with E-state index in [1.54, 1.807) is 11.3 Å². The van der Waals surface area contributed by atoms with Gasteiger partial charge < -0.3 is 9.74 Å². The van der Waals surface area contributed by atoms with Gasteiger partial charge in [0.15, 0.2) is 0 Å². The Kier molecular flexibility index (Phi) is 4.44. The van der Waals surface area contributed by atoms with Crippen molar-refractivity contribution in [2.24, 2.45) is 0 Å². The van der Waals surface area contributed by atoms with E-state index in [9.17, 15) is 0 Å². The first-order chi connectivity index (χ1) is 8.65. The molecule has 1 aromatic carbocycles. The van der Waals surface area contributed by atoms with E-state index in [1.807, 2.05) is 0 Å². The van der Waals surface area contributed by atoms with Crippen LogP contribution in [-0.4, -0.2) is 9.04 Å². The van der Waals surface area contributed by atoms with Crippen molar-refractivity contribution in [3.05, 3.63) is 46.2 Å². The highest BCUT2D eigenvalue weighted by molar-refractivity contribution is 7.09. The van der Waals surface area contributed by atoms with Crippen molar-refractivity contribution >= 4 is 26.1 Å². The van der Waals surface area contributed by atoms with Crippen LogP contribution in [0.5, 0.6) is 5.75 Å². The zero-order valence-electron chi connectivity index (χ0n) is 12.1. The molecular weight excluding hydrogens is 258 g/mol. The van der Waals surface area contributed by atoms with E-state index in [4.69, 9.17) is 4.43 Å². The smallest absolute Gasteiger partial charge is 0.546 e. The molecule has 0 aliphatic rings. The largest absolute Gasteiger partial charge is 1.00 e. The van der Waals surface area contributed by atoms with Crippen LogP contribution in [0.15, 0.2) is 35.7 Å². The molecule has 0 fully saturated rings. The number of nitrogens with one attached hydrogen (secondary N) is 1. The maximum atomic E-state index is 5.95. The van der Waals surface area contributed by atoms with E-state index in [1.165, 1.54) is 10.4 Å². The third kappa shape index (κ3) is 3.61. The van der Waals surface area contributed by atoms with Gasteiger partial charge >= 0.3 is 1.43 Å². The van der Waals surface area contributed by atoms with Crippen molar-refractivity contribution in [1.82, 2.24) is 0 Å². The van der Waals surface area contributed by atoms with E-state index in [-0.39, 0.29) is 1.43 Å². The van der Waals surface area contributed by atoms with E-state index in [2.05, 4.69) is 61.0 Å². The van der Waals surface area contributed by atoms with Crippen LogP contribution in [0.1, 0.15) is 11.9 Å². The fourth-order valence-corrected chi connectivity index (χ4v) is 3.09. The average molecular weight is 278 g/mol. The van der Waals surface area contributed by atoms with E-state index < -0.39 is 9.04 Å². The van der Waals surface area contributed by atoms with Gasteiger partial charge in [-0.2, -0.15) is 0 Å². The second-order valence-electron chi connectivity index (χ2n) is 4.60. The number of thiophene rings is 1. The first kappa shape index (κ1) is 13.2. The monoisotopic (exact) mass is 278 g/mol. The molecule has 0 spiro atoms. The van der Waals surface area contributed by atoms with Crippen molar-refractivity contribution < 1.29 is 5.85 Å². The molecule has 96 valence electrons. The lowest BCUT2D eigenvalue weighted by Crippen LogP contribution is -2.13. The van der Waals surface area contributed by atoms with Crippen molar-refractivity contribution in [3.63, 3.8) is 0 Å². The molecule has 0 aliphatic carbocycles. The van der Waals surface area contributed by atoms with Crippen molar-refractivity contribution in [1.29, 1.82) is 0 Å². The number of hydrogen-bond acceptors (Lipinski definition) is 3. The summed E-state index contributed by atoms with van der Waals surface area (Å²) >= 11 is 1.77. The average Bonchev–Trinajstić information content (AvgIpc) is 2.82. The number of benzene rings is 1. The van der Waals surface area contributed by atoms with Gasteiger partial charge in [-0.05, 0) is 49.2 Å². The molecule has 0 saturated carbocycles. The molecule has 1 heterocycles. The number of rotatable bonds is 5. The zero-order chi connectivity index (χ0) is 13.0. The summed E-state index contributed by atoms with van der Waals surface area (Å²) in [5, 5.41) is 5.57. The van der Waals surface area contributed by atoms with Crippen LogP contribution in [0.2, 0.25) is 13.1 Å². The number of anilines is 1. The Morgan fingerprint density at radius 1 is 1.33 bits per heavy atom. The summed E-state index contributed by atoms with van der Waals surface area (Å²) in [5.41, 5.74) is 2.35. The highest BCUT2D eigenvalue weighted by Gasteiger charge is 2.06. The van der Waals surface area contributed by atoms with Gasteiger partial charge in [-0.3, -0.25) is 0 Å². The minimum Gasteiger partial charge on any atom is -0.546 e.